The van der Waals surface area contributed by atoms with Gasteiger partial charge in [-0.2, -0.15) is 5.26 Å². The molecule has 0 aliphatic heterocycles. The van der Waals surface area contributed by atoms with Crippen LogP contribution in [-0.4, -0.2) is 11.9 Å². The molecule has 0 atom stereocenters. The van der Waals surface area contributed by atoms with Crippen LogP contribution in [0.4, 0.5) is 0 Å². The molecule has 0 bridgehead atoms. The van der Waals surface area contributed by atoms with Gasteiger partial charge in [-0.15, -0.1) is 0 Å². The first-order chi connectivity index (χ1) is 6.61. The predicted octanol–water partition coefficient (Wildman–Crippen LogP) is 1.26. The highest BCUT2D eigenvalue weighted by Crippen LogP contribution is 2.01. The van der Waals surface area contributed by atoms with Crippen LogP contribution in [0, 0.1) is 11.3 Å². The third-order valence-corrected chi connectivity index (χ3v) is 1.21. The highest BCUT2D eigenvalue weighted by Gasteiger charge is 2.12. The number of unbranched alkanes of at least 4 members (excludes halogenated alkanes) is 1. The number of carbonyl (C=O) groups is 2. The molecule has 76 valence electrons. The van der Waals surface area contributed by atoms with Crippen molar-refractivity contribution in [3.63, 3.8) is 0 Å². The molecule has 0 N–H and O–H groups in total. The van der Waals surface area contributed by atoms with Gasteiger partial charge in [0.2, 0.25) is 0 Å². The van der Waals surface area contributed by atoms with Gasteiger partial charge in [0, 0.05) is 6.92 Å². The Morgan fingerprint density at radius 2 is 2.07 bits per heavy atom. The van der Waals surface area contributed by atoms with Crippen LogP contribution >= 0.6 is 0 Å². The smallest absolute Gasteiger partial charge is 0.248 e. The topological polar surface area (TPSA) is 76.4 Å². The van der Waals surface area contributed by atoms with Gasteiger partial charge in [0.1, 0.15) is 11.6 Å². The summed E-state index contributed by atoms with van der Waals surface area (Å²) in [4.78, 5) is 29.3. The van der Waals surface area contributed by atoms with E-state index in [0.29, 0.717) is 6.42 Å². The Balaban J connectivity index is 4.20. The van der Waals surface area contributed by atoms with E-state index in [4.69, 9.17) is 5.26 Å². The third kappa shape index (κ3) is 4.93. The van der Waals surface area contributed by atoms with Crippen LogP contribution in [0.3, 0.4) is 0 Å². The zero-order valence-electron chi connectivity index (χ0n) is 8.07. The van der Waals surface area contributed by atoms with Gasteiger partial charge < -0.3 is 0 Å². The molecule has 0 heterocycles. The number of carbonyl (C=O) groups excluding carboxylic acids is 2. The molecule has 0 rings (SSSR count). The van der Waals surface area contributed by atoms with Crippen molar-refractivity contribution in [3.05, 3.63) is 11.6 Å². The number of allylic oxidation sites excluding steroid dienone is 1. The van der Waals surface area contributed by atoms with Crippen molar-refractivity contribution in [1.82, 2.24) is 0 Å². The summed E-state index contributed by atoms with van der Waals surface area (Å²) in [5.74, 6) is -1.69. The Kier molecular flexibility index (Phi) is 5.79. The lowest BCUT2D eigenvalue weighted by Crippen LogP contribution is -2.10. The van der Waals surface area contributed by atoms with Crippen molar-refractivity contribution >= 4 is 11.9 Å². The van der Waals surface area contributed by atoms with E-state index in [2.05, 4.69) is 9.78 Å². The van der Waals surface area contributed by atoms with E-state index in [-0.39, 0.29) is 5.57 Å². The molecule has 0 saturated carbocycles. The molecule has 0 fully saturated rings. The molecule has 0 aliphatic carbocycles. The van der Waals surface area contributed by atoms with Gasteiger partial charge in [0.15, 0.2) is 0 Å². The van der Waals surface area contributed by atoms with Gasteiger partial charge in [-0.25, -0.2) is 19.4 Å². The second-order valence-corrected chi connectivity index (χ2v) is 2.46. The molecule has 0 amide bonds. The van der Waals surface area contributed by atoms with Gasteiger partial charge in [-0.3, -0.25) is 0 Å². The normalized spacial score (nSPS) is 10.2. The molecule has 0 saturated heterocycles. The van der Waals surface area contributed by atoms with Crippen LogP contribution in [0.5, 0.6) is 0 Å². The highest BCUT2D eigenvalue weighted by molar-refractivity contribution is 5.92. The zero-order chi connectivity index (χ0) is 11.0. The molecule has 0 aromatic heterocycles. The Labute approximate surface area is 81.8 Å². The Hall–Kier alpha value is -1.83. The summed E-state index contributed by atoms with van der Waals surface area (Å²) in [7, 11) is 0. The number of nitriles is 1. The molecule has 0 spiro atoms. The predicted molar refractivity (Wildman–Crippen MR) is 46.5 cm³/mol. The molecule has 5 nitrogen and oxygen atoms in total. The quantitative estimate of drug-likeness (QED) is 0.294. The largest absolute Gasteiger partial charge is 0.396 e. The van der Waals surface area contributed by atoms with Gasteiger partial charge >= 0.3 is 11.9 Å². The van der Waals surface area contributed by atoms with Crippen molar-refractivity contribution in [2.24, 2.45) is 0 Å². The first-order valence-corrected chi connectivity index (χ1v) is 4.11. The van der Waals surface area contributed by atoms with Gasteiger partial charge in [-0.1, -0.05) is 19.4 Å². The van der Waals surface area contributed by atoms with E-state index >= 15 is 0 Å². The lowest BCUT2D eigenvalue weighted by molar-refractivity contribution is -0.253. The van der Waals surface area contributed by atoms with Crippen molar-refractivity contribution < 1.29 is 19.4 Å². The number of hydrogen-bond acceptors (Lipinski definition) is 5. The van der Waals surface area contributed by atoms with Crippen LogP contribution < -0.4 is 0 Å². The highest BCUT2D eigenvalue weighted by atomic mass is 17.2. The maximum absolute atomic E-state index is 11.0. The minimum atomic E-state index is -0.948. The lowest BCUT2D eigenvalue weighted by atomic mass is 10.2. The minimum absolute atomic E-state index is 0.159. The van der Waals surface area contributed by atoms with Crippen molar-refractivity contribution in [2.45, 2.75) is 26.7 Å². The fourth-order valence-electron chi connectivity index (χ4n) is 0.605. The minimum Gasteiger partial charge on any atom is -0.248 e. The Morgan fingerprint density at radius 3 is 2.50 bits per heavy atom. The van der Waals surface area contributed by atoms with E-state index in [1.165, 1.54) is 6.08 Å². The maximum atomic E-state index is 11.0. The second-order valence-electron chi connectivity index (χ2n) is 2.46. The molecule has 0 radical (unpaired) electrons. The van der Waals surface area contributed by atoms with Crippen molar-refractivity contribution in [3.8, 4) is 6.07 Å². The molecule has 0 aliphatic rings. The zero-order valence-corrected chi connectivity index (χ0v) is 8.07. The van der Waals surface area contributed by atoms with Crippen LogP contribution in [0.25, 0.3) is 0 Å². The summed E-state index contributed by atoms with van der Waals surface area (Å²) in [6.07, 6.45) is 2.84. The number of hydrogen-bond donors (Lipinski definition) is 0. The average Bonchev–Trinajstić information content (AvgIpc) is 2.16. The van der Waals surface area contributed by atoms with Crippen LogP contribution in [0.1, 0.15) is 26.7 Å². The van der Waals surface area contributed by atoms with E-state index in [9.17, 15) is 9.59 Å². The first kappa shape index (κ1) is 12.2. The third-order valence-electron chi connectivity index (χ3n) is 1.21. The molecular weight excluding hydrogens is 186 g/mol. The SMILES string of the molecule is CCCC=C(C#N)C(=O)OOC(C)=O. The summed E-state index contributed by atoms with van der Waals surface area (Å²) in [6.45, 7) is 3.00. The molecule has 0 aromatic carbocycles. The summed E-state index contributed by atoms with van der Waals surface area (Å²) >= 11 is 0. The van der Waals surface area contributed by atoms with E-state index in [1.807, 2.05) is 6.92 Å². The maximum Gasteiger partial charge on any atom is 0.396 e. The molecule has 14 heavy (non-hydrogen) atoms. The van der Waals surface area contributed by atoms with Crippen LogP contribution in [-0.2, 0) is 19.4 Å². The molecule has 0 aromatic rings. The van der Waals surface area contributed by atoms with Gasteiger partial charge in [0.05, 0.1) is 0 Å². The summed E-state index contributed by atoms with van der Waals surface area (Å²) in [5, 5.41) is 8.53. The number of rotatable bonds is 3. The number of nitrogens with zero attached hydrogens (tertiary/aromatic N) is 1. The summed E-state index contributed by atoms with van der Waals surface area (Å²) < 4.78 is 0. The molecule has 0 unspecified atom stereocenters. The average molecular weight is 197 g/mol. The van der Waals surface area contributed by atoms with E-state index < -0.39 is 11.9 Å². The second kappa shape index (κ2) is 6.66. The van der Waals surface area contributed by atoms with Gasteiger partial charge in [-0.05, 0) is 6.42 Å². The molecular formula is C9H11NO4. The lowest BCUT2D eigenvalue weighted by Gasteiger charge is -1.98. The standard InChI is InChI=1S/C9H11NO4/c1-3-4-5-8(6-10)9(12)14-13-7(2)11/h5H,3-4H2,1-2H3. The first-order valence-electron chi connectivity index (χ1n) is 4.11. The van der Waals surface area contributed by atoms with E-state index in [1.54, 1.807) is 6.07 Å². The van der Waals surface area contributed by atoms with E-state index in [0.717, 1.165) is 13.3 Å². The van der Waals surface area contributed by atoms with Crippen molar-refractivity contribution in [2.75, 3.05) is 0 Å². The van der Waals surface area contributed by atoms with Gasteiger partial charge in [0.25, 0.3) is 0 Å². The monoisotopic (exact) mass is 197 g/mol. The Morgan fingerprint density at radius 1 is 1.43 bits per heavy atom. The Bertz CT molecular complexity index is 288. The van der Waals surface area contributed by atoms with Crippen LogP contribution in [0.15, 0.2) is 11.6 Å². The fraction of sp³-hybridized carbons (Fsp3) is 0.444. The summed E-state index contributed by atoms with van der Waals surface area (Å²) in [5.41, 5.74) is -0.159. The molecule has 5 heteroatoms. The fourth-order valence-corrected chi connectivity index (χ4v) is 0.605. The summed E-state index contributed by atoms with van der Waals surface area (Å²) in [6, 6.07) is 1.66. The van der Waals surface area contributed by atoms with Crippen molar-refractivity contribution in [1.29, 1.82) is 5.26 Å². The van der Waals surface area contributed by atoms with Crippen LogP contribution in [0.2, 0.25) is 0 Å².